The molecule has 1 aliphatic carbocycles. The molecule has 2 fully saturated rings. The predicted molar refractivity (Wildman–Crippen MR) is 65.8 cm³/mol. The summed E-state index contributed by atoms with van der Waals surface area (Å²) in [5, 5.41) is 0. The predicted octanol–water partition coefficient (Wildman–Crippen LogP) is 2.50. The summed E-state index contributed by atoms with van der Waals surface area (Å²) in [6, 6.07) is 4.07. The smallest absolute Gasteiger partial charge is 0.226 e. The number of likely N-dealkylation sites (tertiary alicyclic amines) is 1. The normalized spacial score (nSPS) is 23.6. The van der Waals surface area contributed by atoms with Gasteiger partial charge in [0.15, 0.2) is 0 Å². The fourth-order valence-corrected chi connectivity index (χ4v) is 2.68. The Hall–Kier alpha value is -1.29. The molecule has 4 heteroatoms. The lowest BCUT2D eigenvalue weighted by atomic mass is 10.1. The van der Waals surface area contributed by atoms with Gasteiger partial charge in [-0.3, -0.25) is 4.79 Å². The third kappa shape index (κ3) is 2.17. The van der Waals surface area contributed by atoms with Gasteiger partial charge in [-0.25, -0.2) is 0 Å². The lowest BCUT2D eigenvalue weighted by molar-refractivity contribution is -0.133. The van der Waals surface area contributed by atoms with Gasteiger partial charge in [0, 0.05) is 19.6 Å². The molecule has 1 saturated heterocycles. The van der Waals surface area contributed by atoms with Crippen LogP contribution in [0.5, 0.6) is 0 Å². The summed E-state index contributed by atoms with van der Waals surface area (Å²) in [6.07, 6.45) is 4.21. The number of furan rings is 1. The highest BCUT2D eigenvalue weighted by molar-refractivity contribution is 5.81. The van der Waals surface area contributed by atoms with E-state index < -0.39 is 0 Å². The van der Waals surface area contributed by atoms with Gasteiger partial charge in [-0.05, 0) is 37.8 Å². The van der Waals surface area contributed by atoms with Gasteiger partial charge in [0.05, 0.1) is 6.04 Å². The number of ether oxygens (including phenoxy) is 1. The molecule has 0 N–H and O–H groups in total. The van der Waals surface area contributed by atoms with Crippen LogP contribution in [0.3, 0.4) is 0 Å². The number of hydrogen-bond acceptors (Lipinski definition) is 3. The summed E-state index contributed by atoms with van der Waals surface area (Å²) in [5.41, 5.74) is 0. The SMILES string of the molecule is COCc1ccc([C@H]2CCCN2C(=O)C2CC2)o1. The van der Waals surface area contributed by atoms with Crippen molar-refractivity contribution in [2.45, 2.75) is 38.3 Å². The Labute approximate surface area is 107 Å². The molecule has 0 unspecified atom stereocenters. The number of hydrogen-bond donors (Lipinski definition) is 0. The lowest BCUT2D eigenvalue weighted by Crippen LogP contribution is -2.31. The second-order valence-corrected chi connectivity index (χ2v) is 5.20. The van der Waals surface area contributed by atoms with E-state index in [1.807, 2.05) is 17.0 Å². The van der Waals surface area contributed by atoms with Gasteiger partial charge in [0.2, 0.25) is 5.91 Å². The second kappa shape index (κ2) is 4.76. The first-order chi connectivity index (χ1) is 8.79. The Kier molecular flexibility index (Phi) is 3.12. The molecule has 1 aliphatic heterocycles. The summed E-state index contributed by atoms with van der Waals surface area (Å²) >= 11 is 0. The van der Waals surface area contributed by atoms with E-state index in [4.69, 9.17) is 9.15 Å². The second-order valence-electron chi connectivity index (χ2n) is 5.20. The van der Waals surface area contributed by atoms with Crippen LogP contribution in [-0.4, -0.2) is 24.5 Å². The monoisotopic (exact) mass is 249 g/mol. The van der Waals surface area contributed by atoms with Crippen molar-refractivity contribution in [3.63, 3.8) is 0 Å². The first kappa shape index (κ1) is 11.8. The van der Waals surface area contributed by atoms with E-state index >= 15 is 0 Å². The van der Waals surface area contributed by atoms with Gasteiger partial charge in [0.1, 0.15) is 18.1 Å². The number of methoxy groups -OCH3 is 1. The van der Waals surface area contributed by atoms with E-state index in [0.29, 0.717) is 18.4 Å². The standard InChI is InChI=1S/C14H19NO3/c1-17-9-11-6-7-13(18-11)12-3-2-8-15(12)14(16)10-4-5-10/h6-7,10,12H,2-5,8-9H2,1H3/t12-/m1/s1. The van der Waals surface area contributed by atoms with Gasteiger partial charge in [-0.1, -0.05) is 0 Å². The number of carbonyl (C=O) groups is 1. The van der Waals surface area contributed by atoms with Crippen LogP contribution in [0.1, 0.15) is 43.2 Å². The maximum absolute atomic E-state index is 12.2. The summed E-state index contributed by atoms with van der Waals surface area (Å²) in [7, 11) is 1.65. The third-order valence-corrected chi connectivity index (χ3v) is 3.76. The molecule has 1 aromatic heterocycles. The molecule has 1 atom stereocenters. The number of carbonyl (C=O) groups excluding carboxylic acids is 1. The molecule has 2 heterocycles. The van der Waals surface area contributed by atoms with Crippen LogP contribution in [0.2, 0.25) is 0 Å². The highest BCUT2D eigenvalue weighted by Gasteiger charge is 2.39. The van der Waals surface area contributed by atoms with Crippen molar-refractivity contribution < 1.29 is 13.9 Å². The number of nitrogens with zero attached hydrogens (tertiary/aromatic N) is 1. The maximum atomic E-state index is 12.2. The minimum Gasteiger partial charge on any atom is -0.461 e. The Bertz CT molecular complexity index is 436. The van der Waals surface area contributed by atoms with E-state index in [2.05, 4.69) is 0 Å². The molecular formula is C14H19NO3. The van der Waals surface area contributed by atoms with Crippen LogP contribution >= 0.6 is 0 Å². The maximum Gasteiger partial charge on any atom is 0.226 e. The average molecular weight is 249 g/mol. The Morgan fingerprint density at radius 1 is 1.44 bits per heavy atom. The van der Waals surface area contributed by atoms with E-state index in [-0.39, 0.29) is 6.04 Å². The number of rotatable bonds is 4. The quantitative estimate of drug-likeness (QED) is 0.823. The molecule has 0 radical (unpaired) electrons. The van der Waals surface area contributed by atoms with Crippen molar-refractivity contribution in [2.75, 3.05) is 13.7 Å². The minimum absolute atomic E-state index is 0.142. The molecule has 3 rings (SSSR count). The molecule has 1 amide bonds. The zero-order chi connectivity index (χ0) is 12.5. The van der Waals surface area contributed by atoms with Crippen molar-refractivity contribution >= 4 is 5.91 Å². The van der Waals surface area contributed by atoms with Crippen LogP contribution in [0.4, 0.5) is 0 Å². The highest BCUT2D eigenvalue weighted by Crippen LogP contribution is 2.39. The van der Waals surface area contributed by atoms with Gasteiger partial charge in [0.25, 0.3) is 0 Å². The van der Waals surface area contributed by atoms with Crippen molar-refractivity contribution in [1.82, 2.24) is 4.90 Å². The first-order valence-electron chi connectivity index (χ1n) is 6.67. The topological polar surface area (TPSA) is 42.7 Å². The Morgan fingerprint density at radius 2 is 2.28 bits per heavy atom. The van der Waals surface area contributed by atoms with E-state index in [0.717, 1.165) is 43.7 Å². The molecule has 0 aromatic carbocycles. The van der Waals surface area contributed by atoms with Gasteiger partial charge in [-0.15, -0.1) is 0 Å². The van der Waals surface area contributed by atoms with Crippen LogP contribution in [0.15, 0.2) is 16.5 Å². The van der Waals surface area contributed by atoms with Crippen LogP contribution in [-0.2, 0) is 16.1 Å². The van der Waals surface area contributed by atoms with Gasteiger partial charge >= 0.3 is 0 Å². The molecule has 98 valence electrons. The highest BCUT2D eigenvalue weighted by atomic mass is 16.5. The zero-order valence-corrected chi connectivity index (χ0v) is 10.7. The molecular weight excluding hydrogens is 230 g/mol. The van der Waals surface area contributed by atoms with Gasteiger partial charge in [-0.2, -0.15) is 0 Å². The summed E-state index contributed by atoms with van der Waals surface area (Å²) in [4.78, 5) is 14.2. The Balaban J connectivity index is 1.74. The molecule has 2 aliphatic rings. The molecule has 0 spiro atoms. The fourth-order valence-electron chi connectivity index (χ4n) is 2.68. The van der Waals surface area contributed by atoms with Gasteiger partial charge < -0.3 is 14.1 Å². The molecule has 1 aromatic rings. The van der Waals surface area contributed by atoms with E-state index in [1.165, 1.54) is 0 Å². The van der Waals surface area contributed by atoms with E-state index in [1.54, 1.807) is 7.11 Å². The zero-order valence-electron chi connectivity index (χ0n) is 10.7. The average Bonchev–Trinajstić information content (AvgIpc) is 2.92. The number of amides is 1. The summed E-state index contributed by atoms with van der Waals surface area (Å²) in [5.74, 6) is 2.35. The fraction of sp³-hybridized carbons (Fsp3) is 0.643. The van der Waals surface area contributed by atoms with E-state index in [9.17, 15) is 4.79 Å². The van der Waals surface area contributed by atoms with Crippen molar-refractivity contribution in [3.8, 4) is 0 Å². The Morgan fingerprint density at radius 3 is 3.00 bits per heavy atom. The molecule has 4 nitrogen and oxygen atoms in total. The lowest BCUT2D eigenvalue weighted by Gasteiger charge is -2.23. The summed E-state index contributed by atoms with van der Waals surface area (Å²) < 4.78 is 10.8. The summed E-state index contributed by atoms with van der Waals surface area (Å²) in [6.45, 7) is 1.36. The van der Waals surface area contributed by atoms with Crippen LogP contribution in [0.25, 0.3) is 0 Å². The van der Waals surface area contributed by atoms with Crippen molar-refractivity contribution in [3.05, 3.63) is 23.7 Å². The van der Waals surface area contributed by atoms with Crippen LogP contribution in [0, 0.1) is 5.92 Å². The van der Waals surface area contributed by atoms with Crippen LogP contribution < -0.4 is 0 Å². The largest absolute Gasteiger partial charge is 0.461 e. The molecule has 18 heavy (non-hydrogen) atoms. The minimum atomic E-state index is 0.142. The third-order valence-electron chi connectivity index (χ3n) is 3.76. The van der Waals surface area contributed by atoms with Crippen molar-refractivity contribution in [2.24, 2.45) is 5.92 Å². The van der Waals surface area contributed by atoms with Crippen molar-refractivity contribution in [1.29, 1.82) is 0 Å². The molecule has 1 saturated carbocycles. The first-order valence-corrected chi connectivity index (χ1v) is 6.67. The molecule has 0 bridgehead atoms.